The highest BCUT2D eigenvalue weighted by molar-refractivity contribution is 4.75. The Morgan fingerprint density at radius 3 is 2.38 bits per heavy atom. The van der Waals surface area contributed by atoms with Crippen LogP contribution in [0.15, 0.2) is 0 Å². The number of rotatable bonds is 1. The molecule has 2 unspecified atom stereocenters. The second-order valence-electron chi connectivity index (χ2n) is 3.84. The maximum absolute atomic E-state index is 5.67. The van der Waals surface area contributed by atoms with Crippen molar-refractivity contribution in [3.63, 3.8) is 0 Å². The molecule has 0 aliphatic carbocycles. The monoisotopic (exact) mass is 186 g/mol. The summed E-state index contributed by atoms with van der Waals surface area (Å²) in [7, 11) is 2.19. The average molecular weight is 186 g/mol. The van der Waals surface area contributed by atoms with Crippen LogP contribution in [0.2, 0.25) is 0 Å². The van der Waals surface area contributed by atoms with Gasteiger partial charge in [-0.1, -0.05) is 20.8 Å². The molecule has 2 N–H and O–H groups in total. The summed E-state index contributed by atoms with van der Waals surface area (Å²) < 4.78 is 0. The largest absolute Gasteiger partial charge is 0.329 e. The Balaban J connectivity index is 0.000000671. The molecule has 0 radical (unpaired) electrons. The molecule has 1 fully saturated rings. The van der Waals surface area contributed by atoms with Crippen molar-refractivity contribution in [1.29, 1.82) is 0 Å². The summed E-state index contributed by atoms with van der Waals surface area (Å²) in [6.07, 6.45) is 3.98. The average Bonchev–Trinajstić information content (AvgIpc) is 2.33. The van der Waals surface area contributed by atoms with Crippen LogP contribution in [-0.2, 0) is 0 Å². The van der Waals surface area contributed by atoms with E-state index < -0.39 is 0 Å². The lowest BCUT2D eigenvalue weighted by atomic mass is 10.0. The zero-order valence-electron chi connectivity index (χ0n) is 9.71. The normalized spacial score (nSPS) is 30.2. The third-order valence-corrected chi connectivity index (χ3v) is 2.86. The summed E-state index contributed by atoms with van der Waals surface area (Å²) in [5.41, 5.74) is 5.67. The van der Waals surface area contributed by atoms with Gasteiger partial charge in [-0.05, 0) is 38.8 Å². The second-order valence-corrected chi connectivity index (χ2v) is 3.84. The minimum atomic E-state index is 0.639. The van der Waals surface area contributed by atoms with Gasteiger partial charge in [0.25, 0.3) is 0 Å². The van der Waals surface area contributed by atoms with Crippen LogP contribution in [0.3, 0.4) is 0 Å². The molecule has 0 aromatic heterocycles. The van der Waals surface area contributed by atoms with E-state index in [0.717, 1.165) is 12.5 Å². The summed E-state index contributed by atoms with van der Waals surface area (Å²) in [5.74, 6) is 0.897. The van der Waals surface area contributed by atoms with Gasteiger partial charge in [0.15, 0.2) is 0 Å². The lowest BCUT2D eigenvalue weighted by molar-refractivity contribution is 0.252. The van der Waals surface area contributed by atoms with Gasteiger partial charge >= 0.3 is 0 Å². The number of hydrogen-bond donors (Lipinski definition) is 1. The van der Waals surface area contributed by atoms with Gasteiger partial charge in [0.05, 0.1) is 0 Å². The maximum atomic E-state index is 5.67. The predicted molar refractivity (Wildman–Crippen MR) is 59.8 cm³/mol. The molecule has 0 bridgehead atoms. The Hall–Kier alpha value is -0.0800. The van der Waals surface area contributed by atoms with E-state index in [9.17, 15) is 0 Å². The van der Waals surface area contributed by atoms with Gasteiger partial charge in [0.2, 0.25) is 0 Å². The van der Waals surface area contributed by atoms with E-state index in [2.05, 4.69) is 18.9 Å². The topological polar surface area (TPSA) is 29.3 Å². The molecule has 0 aromatic rings. The molecule has 1 aliphatic rings. The quantitative estimate of drug-likeness (QED) is 0.679. The fourth-order valence-electron chi connectivity index (χ4n) is 1.75. The van der Waals surface area contributed by atoms with E-state index in [-0.39, 0.29) is 0 Å². The van der Waals surface area contributed by atoms with Gasteiger partial charge in [-0.3, -0.25) is 0 Å². The molecule has 2 atom stereocenters. The van der Waals surface area contributed by atoms with Gasteiger partial charge < -0.3 is 10.6 Å². The fraction of sp³-hybridized carbons (Fsp3) is 1.00. The van der Waals surface area contributed by atoms with Crippen LogP contribution in [0.1, 0.15) is 40.0 Å². The first-order valence-electron chi connectivity index (χ1n) is 5.64. The van der Waals surface area contributed by atoms with Gasteiger partial charge in [-0.25, -0.2) is 0 Å². The van der Waals surface area contributed by atoms with Crippen LogP contribution in [0.5, 0.6) is 0 Å². The zero-order chi connectivity index (χ0) is 10.3. The van der Waals surface area contributed by atoms with E-state index in [1.54, 1.807) is 0 Å². The number of hydrogen-bond acceptors (Lipinski definition) is 2. The highest BCUT2D eigenvalue weighted by Crippen LogP contribution is 2.19. The third-order valence-electron chi connectivity index (χ3n) is 2.86. The van der Waals surface area contributed by atoms with E-state index in [1.807, 2.05) is 13.8 Å². The molecule has 13 heavy (non-hydrogen) atoms. The third kappa shape index (κ3) is 4.63. The van der Waals surface area contributed by atoms with E-state index >= 15 is 0 Å². The SMILES string of the molecule is CC.CC1CCC(CN)N(C)CC1. The number of nitrogens with zero attached hydrogens (tertiary/aromatic N) is 1. The van der Waals surface area contributed by atoms with Crippen molar-refractivity contribution < 1.29 is 0 Å². The van der Waals surface area contributed by atoms with E-state index in [1.165, 1.54) is 25.8 Å². The van der Waals surface area contributed by atoms with Crippen molar-refractivity contribution in [2.45, 2.75) is 46.1 Å². The first-order chi connectivity index (χ1) is 6.24. The first kappa shape index (κ1) is 12.9. The molecule has 2 heteroatoms. The van der Waals surface area contributed by atoms with Crippen LogP contribution in [0, 0.1) is 5.92 Å². The van der Waals surface area contributed by atoms with Crippen LogP contribution < -0.4 is 5.73 Å². The minimum Gasteiger partial charge on any atom is -0.329 e. The van der Waals surface area contributed by atoms with E-state index in [0.29, 0.717) is 6.04 Å². The van der Waals surface area contributed by atoms with Crippen LogP contribution in [0.4, 0.5) is 0 Å². The smallest absolute Gasteiger partial charge is 0.0215 e. The Labute approximate surface area is 83.5 Å². The summed E-state index contributed by atoms with van der Waals surface area (Å²) in [4.78, 5) is 2.41. The van der Waals surface area contributed by atoms with Gasteiger partial charge in [0, 0.05) is 12.6 Å². The summed E-state index contributed by atoms with van der Waals surface area (Å²) in [6.45, 7) is 8.39. The summed E-state index contributed by atoms with van der Waals surface area (Å²) in [6, 6.07) is 0.639. The molecule has 0 saturated carbocycles. The van der Waals surface area contributed by atoms with E-state index in [4.69, 9.17) is 5.73 Å². The number of nitrogens with two attached hydrogens (primary N) is 1. The fourth-order valence-corrected chi connectivity index (χ4v) is 1.75. The zero-order valence-corrected chi connectivity index (χ0v) is 9.71. The Morgan fingerprint density at radius 2 is 1.85 bits per heavy atom. The van der Waals surface area contributed by atoms with Crippen LogP contribution in [0.25, 0.3) is 0 Å². The lowest BCUT2D eigenvalue weighted by Gasteiger charge is -2.23. The molecule has 1 aliphatic heterocycles. The van der Waals surface area contributed by atoms with Crippen molar-refractivity contribution >= 4 is 0 Å². The standard InChI is InChI=1S/C9H20N2.C2H6/c1-8-3-4-9(7-10)11(2)6-5-8;1-2/h8-9H,3-7,10H2,1-2H3;1-2H3. The molecule has 1 heterocycles. The first-order valence-corrected chi connectivity index (χ1v) is 5.64. The molecule has 1 saturated heterocycles. The maximum Gasteiger partial charge on any atom is 0.0215 e. The Bertz CT molecular complexity index is 115. The van der Waals surface area contributed by atoms with Crippen molar-refractivity contribution in [2.75, 3.05) is 20.1 Å². The molecule has 0 spiro atoms. The van der Waals surface area contributed by atoms with Crippen molar-refractivity contribution in [2.24, 2.45) is 11.7 Å². The number of likely N-dealkylation sites (tertiary alicyclic amines) is 1. The van der Waals surface area contributed by atoms with Crippen molar-refractivity contribution in [1.82, 2.24) is 4.90 Å². The predicted octanol–water partition coefficient (Wildman–Crippen LogP) is 2.09. The highest BCUT2D eigenvalue weighted by atomic mass is 15.1. The van der Waals surface area contributed by atoms with Crippen molar-refractivity contribution in [3.8, 4) is 0 Å². The Morgan fingerprint density at radius 1 is 1.23 bits per heavy atom. The number of likely N-dealkylation sites (N-methyl/N-ethyl adjacent to an activating group) is 1. The lowest BCUT2D eigenvalue weighted by Crippen LogP contribution is -2.36. The molecule has 80 valence electrons. The molecular weight excluding hydrogens is 160 g/mol. The van der Waals surface area contributed by atoms with Crippen molar-refractivity contribution in [3.05, 3.63) is 0 Å². The van der Waals surface area contributed by atoms with Crippen LogP contribution >= 0.6 is 0 Å². The van der Waals surface area contributed by atoms with Gasteiger partial charge in [-0.15, -0.1) is 0 Å². The molecule has 0 amide bonds. The highest BCUT2D eigenvalue weighted by Gasteiger charge is 2.18. The molecule has 1 rings (SSSR count). The summed E-state index contributed by atoms with van der Waals surface area (Å²) in [5, 5.41) is 0. The second kappa shape index (κ2) is 7.34. The minimum absolute atomic E-state index is 0.639. The molecule has 0 aromatic carbocycles. The summed E-state index contributed by atoms with van der Waals surface area (Å²) >= 11 is 0. The van der Waals surface area contributed by atoms with Crippen LogP contribution in [-0.4, -0.2) is 31.1 Å². The Kier molecular flexibility index (Phi) is 7.29. The van der Waals surface area contributed by atoms with Gasteiger partial charge in [0.1, 0.15) is 0 Å². The molecular formula is C11H26N2. The van der Waals surface area contributed by atoms with Gasteiger partial charge in [-0.2, -0.15) is 0 Å². The molecule has 2 nitrogen and oxygen atoms in total.